The molecule has 29 heavy (non-hydrogen) atoms. The number of carbonyl (C=O) groups is 2. The van der Waals surface area contributed by atoms with E-state index in [1.165, 1.54) is 13.0 Å². The third kappa shape index (κ3) is 5.03. The van der Waals surface area contributed by atoms with Crippen molar-refractivity contribution in [1.82, 2.24) is 4.98 Å². The van der Waals surface area contributed by atoms with Gasteiger partial charge in [-0.15, -0.1) is 11.3 Å². The summed E-state index contributed by atoms with van der Waals surface area (Å²) in [5.74, 6) is -3.07. The van der Waals surface area contributed by atoms with Gasteiger partial charge < -0.3 is 4.74 Å². The number of nitrogens with zero attached hydrogens (tertiary/aromatic N) is 1. The summed E-state index contributed by atoms with van der Waals surface area (Å²) in [7, 11) is 0. The van der Waals surface area contributed by atoms with Gasteiger partial charge in [0.2, 0.25) is 0 Å². The van der Waals surface area contributed by atoms with Gasteiger partial charge in [0.25, 0.3) is 5.91 Å². The van der Waals surface area contributed by atoms with E-state index in [-0.39, 0.29) is 5.13 Å². The van der Waals surface area contributed by atoms with Gasteiger partial charge in [-0.1, -0.05) is 19.1 Å². The third-order valence-corrected chi connectivity index (χ3v) is 4.96. The first-order valence-corrected chi connectivity index (χ1v) is 9.77. The summed E-state index contributed by atoms with van der Waals surface area (Å²) < 4.78 is 31.6. The summed E-state index contributed by atoms with van der Waals surface area (Å²) in [5, 5.41) is 4.42. The lowest BCUT2D eigenvalue weighted by Crippen LogP contribution is -2.30. The second-order valence-corrected chi connectivity index (χ2v) is 7.11. The van der Waals surface area contributed by atoms with Gasteiger partial charge in [0.15, 0.2) is 22.9 Å². The molecule has 8 heteroatoms. The van der Waals surface area contributed by atoms with Crippen LogP contribution in [0.5, 0.6) is 0 Å². The van der Waals surface area contributed by atoms with Crippen molar-refractivity contribution in [1.29, 1.82) is 0 Å². The molecule has 3 aromatic rings. The third-order valence-electron chi connectivity index (χ3n) is 4.20. The Morgan fingerprint density at radius 1 is 1.14 bits per heavy atom. The lowest BCUT2D eigenvalue weighted by atomic mass is 10.1. The zero-order chi connectivity index (χ0) is 21.0. The fourth-order valence-corrected chi connectivity index (χ4v) is 3.21. The molecular weight excluding hydrogens is 398 g/mol. The maximum Gasteiger partial charge on any atom is 0.338 e. The van der Waals surface area contributed by atoms with E-state index in [9.17, 15) is 18.4 Å². The number of carbonyl (C=O) groups excluding carboxylic acids is 2. The van der Waals surface area contributed by atoms with Crippen LogP contribution in [0, 0.1) is 11.6 Å². The molecule has 0 spiro atoms. The number of aromatic nitrogens is 1. The Hall–Kier alpha value is -3.13. The van der Waals surface area contributed by atoms with Gasteiger partial charge in [0.1, 0.15) is 0 Å². The van der Waals surface area contributed by atoms with Crippen molar-refractivity contribution in [2.24, 2.45) is 0 Å². The van der Waals surface area contributed by atoms with Crippen molar-refractivity contribution in [3.05, 3.63) is 70.6 Å². The van der Waals surface area contributed by atoms with Gasteiger partial charge in [-0.2, -0.15) is 0 Å². The molecule has 0 saturated heterocycles. The summed E-state index contributed by atoms with van der Waals surface area (Å²) in [6, 6.07) is 10.4. The lowest BCUT2D eigenvalue weighted by Gasteiger charge is -2.12. The van der Waals surface area contributed by atoms with Crippen LogP contribution in [0.2, 0.25) is 0 Å². The van der Waals surface area contributed by atoms with Crippen LogP contribution in [-0.2, 0) is 16.0 Å². The van der Waals surface area contributed by atoms with Gasteiger partial charge in [0.05, 0.1) is 11.3 Å². The number of amides is 1. The summed E-state index contributed by atoms with van der Waals surface area (Å²) in [4.78, 5) is 28.7. The van der Waals surface area contributed by atoms with Crippen LogP contribution in [0.25, 0.3) is 11.3 Å². The topological polar surface area (TPSA) is 68.3 Å². The first-order chi connectivity index (χ1) is 13.9. The molecule has 0 unspecified atom stereocenters. The van der Waals surface area contributed by atoms with E-state index in [4.69, 9.17) is 4.74 Å². The Kier molecular flexibility index (Phi) is 6.33. The van der Waals surface area contributed by atoms with Crippen LogP contribution in [0.1, 0.15) is 29.8 Å². The molecular formula is C21H18F2N2O3S. The first kappa shape index (κ1) is 20.6. The number of benzene rings is 2. The molecule has 2 aromatic carbocycles. The Labute approximate surface area is 170 Å². The van der Waals surface area contributed by atoms with Crippen LogP contribution in [0.15, 0.2) is 47.8 Å². The second-order valence-electron chi connectivity index (χ2n) is 6.25. The van der Waals surface area contributed by atoms with Crippen LogP contribution in [0.4, 0.5) is 13.9 Å². The van der Waals surface area contributed by atoms with Crippen molar-refractivity contribution in [3.8, 4) is 11.3 Å². The Bertz CT molecular complexity index is 1030. The number of rotatable bonds is 6. The standard InChI is InChI=1S/C21H18F2N2O3S/c1-3-13-4-6-14(7-5-13)20(27)28-12(2)19(26)25-21-24-18(11-29-21)15-8-9-16(22)17(23)10-15/h4-12H,3H2,1-2H3,(H,24,25,26)/t12-/m0/s1. The number of hydrogen-bond acceptors (Lipinski definition) is 5. The minimum absolute atomic E-state index is 0.255. The van der Waals surface area contributed by atoms with E-state index in [1.54, 1.807) is 17.5 Å². The smallest absolute Gasteiger partial charge is 0.338 e. The van der Waals surface area contributed by atoms with Gasteiger partial charge in [-0.05, 0) is 49.2 Å². The minimum Gasteiger partial charge on any atom is -0.449 e. The molecule has 0 aliphatic rings. The molecule has 0 radical (unpaired) electrons. The number of thiazole rings is 1. The lowest BCUT2D eigenvalue weighted by molar-refractivity contribution is -0.123. The molecule has 3 rings (SSSR count). The average molecular weight is 416 g/mol. The predicted molar refractivity (Wildman–Crippen MR) is 107 cm³/mol. The molecule has 5 nitrogen and oxygen atoms in total. The number of ether oxygens (including phenoxy) is 1. The quantitative estimate of drug-likeness (QED) is 0.584. The highest BCUT2D eigenvalue weighted by Crippen LogP contribution is 2.26. The number of halogens is 2. The SMILES string of the molecule is CCc1ccc(C(=O)O[C@@H](C)C(=O)Nc2nc(-c3ccc(F)c(F)c3)cs2)cc1. The van der Waals surface area contributed by atoms with E-state index in [2.05, 4.69) is 10.3 Å². The molecule has 1 amide bonds. The molecule has 0 fully saturated rings. The monoisotopic (exact) mass is 416 g/mol. The van der Waals surface area contributed by atoms with Crippen LogP contribution < -0.4 is 5.32 Å². The van der Waals surface area contributed by atoms with Crippen molar-refractivity contribution in [3.63, 3.8) is 0 Å². The molecule has 1 N–H and O–H groups in total. The Morgan fingerprint density at radius 2 is 1.86 bits per heavy atom. The van der Waals surface area contributed by atoms with E-state index in [0.29, 0.717) is 16.8 Å². The zero-order valence-electron chi connectivity index (χ0n) is 15.7. The molecule has 0 aliphatic heterocycles. The molecule has 0 saturated carbocycles. The van der Waals surface area contributed by atoms with E-state index < -0.39 is 29.6 Å². The molecule has 0 aliphatic carbocycles. The van der Waals surface area contributed by atoms with Gasteiger partial charge in [-0.3, -0.25) is 10.1 Å². The maximum absolute atomic E-state index is 13.4. The van der Waals surface area contributed by atoms with E-state index in [0.717, 1.165) is 35.5 Å². The normalized spacial score (nSPS) is 11.7. The predicted octanol–water partition coefficient (Wildman–Crippen LogP) is 4.83. The van der Waals surface area contributed by atoms with Crippen molar-refractivity contribution >= 4 is 28.3 Å². The van der Waals surface area contributed by atoms with Gasteiger partial charge in [-0.25, -0.2) is 18.6 Å². The highest BCUT2D eigenvalue weighted by Gasteiger charge is 2.20. The number of nitrogens with one attached hydrogen (secondary N) is 1. The molecule has 1 heterocycles. The first-order valence-electron chi connectivity index (χ1n) is 8.89. The summed E-state index contributed by atoms with van der Waals surface area (Å²) in [5.41, 5.74) is 2.23. The number of esters is 1. The zero-order valence-corrected chi connectivity index (χ0v) is 16.6. The number of aryl methyl sites for hydroxylation is 1. The number of hydrogen-bond donors (Lipinski definition) is 1. The van der Waals surface area contributed by atoms with Gasteiger partial charge >= 0.3 is 5.97 Å². The van der Waals surface area contributed by atoms with Crippen molar-refractivity contribution in [2.75, 3.05) is 5.32 Å². The fraction of sp³-hybridized carbons (Fsp3) is 0.190. The molecule has 150 valence electrons. The molecule has 1 aromatic heterocycles. The minimum atomic E-state index is -1.04. The van der Waals surface area contributed by atoms with E-state index >= 15 is 0 Å². The Morgan fingerprint density at radius 3 is 2.52 bits per heavy atom. The second kappa shape index (κ2) is 8.91. The molecule has 1 atom stereocenters. The highest BCUT2D eigenvalue weighted by atomic mass is 32.1. The van der Waals surface area contributed by atoms with Crippen LogP contribution >= 0.6 is 11.3 Å². The largest absolute Gasteiger partial charge is 0.449 e. The van der Waals surface area contributed by atoms with Crippen LogP contribution in [0.3, 0.4) is 0 Å². The molecule has 0 bridgehead atoms. The van der Waals surface area contributed by atoms with Crippen molar-refractivity contribution in [2.45, 2.75) is 26.4 Å². The highest BCUT2D eigenvalue weighted by molar-refractivity contribution is 7.14. The fourth-order valence-electron chi connectivity index (χ4n) is 2.48. The summed E-state index contributed by atoms with van der Waals surface area (Å²) in [6.07, 6.45) is -0.182. The summed E-state index contributed by atoms with van der Waals surface area (Å²) >= 11 is 1.12. The average Bonchev–Trinajstić information content (AvgIpc) is 3.18. The van der Waals surface area contributed by atoms with Crippen LogP contribution in [-0.4, -0.2) is 23.0 Å². The number of anilines is 1. The Balaban J connectivity index is 1.61. The van der Waals surface area contributed by atoms with Gasteiger partial charge in [0, 0.05) is 10.9 Å². The van der Waals surface area contributed by atoms with Crippen molar-refractivity contribution < 1.29 is 23.1 Å². The maximum atomic E-state index is 13.4. The summed E-state index contributed by atoms with van der Waals surface area (Å²) in [6.45, 7) is 3.47. The van der Waals surface area contributed by atoms with E-state index in [1.807, 2.05) is 19.1 Å².